The number of rotatable bonds is 6. The maximum absolute atomic E-state index is 11.5. The van der Waals surface area contributed by atoms with E-state index in [2.05, 4.69) is 10.6 Å². The molecule has 0 saturated carbocycles. The van der Waals surface area contributed by atoms with Gasteiger partial charge in [0.1, 0.15) is 0 Å². The Labute approximate surface area is 140 Å². The Morgan fingerprint density at radius 1 is 1.29 bits per heavy atom. The molecule has 126 valence electrons. The van der Waals surface area contributed by atoms with E-state index in [4.69, 9.17) is 10.00 Å². The van der Waals surface area contributed by atoms with E-state index in [0.717, 1.165) is 12.5 Å². The van der Waals surface area contributed by atoms with Crippen LogP contribution in [0.2, 0.25) is 0 Å². The summed E-state index contributed by atoms with van der Waals surface area (Å²) < 4.78 is 4.73. The van der Waals surface area contributed by atoms with Crippen molar-refractivity contribution in [2.45, 2.75) is 26.3 Å². The Kier molecular flexibility index (Phi) is 7.71. The SMILES string of the molecule is CC[C@@H](C)NC(=O)NC(=O)COC(=O)/C=C/c1ccc(C#N)cc1. The summed E-state index contributed by atoms with van der Waals surface area (Å²) in [6, 6.07) is 7.89. The number of nitrogens with zero attached hydrogens (tertiary/aromatic N) is 1. The number of esters is 1. The van der Waals surface area contributed by atoms with Gasteiger partial charge in [-0.25, -0.2) is 9.59 Å². The molecule has 1 aromatic carbocycles. The van der Waals surface area contributed by atoms with Crippen LogP contribution in [0.25, 0.3) is 6.08 Å². The lowest BCUT2D eigenvalue weighted by atomic mass is 10.1. The monoisotopic (exact) mass is 329 g/mol. The predicted octanol–water partition coefficient (Wildman–Crippen LogP) is 1.74. The minimum atomic E-state index is -0.712. The average molecular weight is 329 g/mol. The molecule has 1 atom stereocenters. The van der Waals surface area contributed by atoms with Crippen LogP contribution in [0, 0.1) is 11.3 Å². The van der Waals surface area contributed by atoms with Gasteiger partial charge in [-0.2, -0.15) is 5.26 Å². The first-order chi connectivity index (χ1) is 11.4. The number of benzene rings is 1. The summed E-state index contributed by atoms with van der Waals surface area (Å²) in [5.74, 6) is -1.42. The van der Waals surface area contributed by atoms with Crippen molar-refractivity contribution in [2.24, 2.45) is 0 Å². The third-order valence-corrected chi connectivity index (χ3v) is 3.04. The highest BCUT2D eigenvalue weighted by atomic mass is 16.5. The van der Waals surface area contributed by atoms with Crippen molar-refractivity contribution in [3.8, 4) is 6.07 Å². The number of nitrogens with one attached hydrogen (secondary N) is 2. The molecular weight excluding hydrogens is 310 g/mol. The molecule has 0 saturated heterocycles. The van der Waals surface area contributed by atoms with Crippen molar-refractivity contribution in [3.63, 3.8) is 0 Å². The Hall–Kier alpha value is -3.14. The van der Waals surface area contributed by atoms with Crippen LogP contribution in [0.3, 0.4) is 0 Å². The number of imide groups is 1. The maximum atomic E-state index is 11.5. The zero-order valence-corrected chi connectivity index (χ0v) is 13.5. The molecule has 0 bridgehead atoms. The molecule has 0 aliphatic heterocycles. The Balaban J connectivity index is 2.37. The van der Waals surface area contributed by atoms with E-state index < -0.39 is 24.5 Å². The first kappa shape index (κ1) is 18.9. The van der Waals surface area contributed by atoms with Crippen molar-refractivity contribution in [3.05, 3.63) is 41.5 Å². The van der Waals surface area contributed by atoms with Crippen LogP contribution in [0.5, 0.6) is 0 Å². The van der Waals surface area contributed by atoms with Gasteiger partial charge in [-0.3, -0.25) is 10.1 Å². The van der Waals surface area contributed by atoms with E-state index in [1.165, 1.54) is 6.08 Å². The normalized spacial score (nSPS) is 11.4. The lowest BCUT2D eigenvalue weighted by molar-refractivity contribution is -0.143. The minimum absolute atomic E-state index is 0.0595. The fourth-order valence-corrected chi connectivity index (χ4v) is 1.54. The number of urea groups is 1. The molecule has 0 aliphatic carbocycles. The quantitative estimate of drug-likeness (QED) is 0.610. The number of hydrogen-bond acceptors (Lipinski definition) is 5. The molecule has 0 spiro atoms. The first-order valence-corrected chi connectivity index (χ1v) is 7.40. The van der Waals surface area contributed by atoms with Crippen molar-refractivity contribution in [1.82, 2.24) is 10.6 Å². The molecule has 0 fully saturated rings. The van der Waals surface area contributed by atoms with Gasteiger partial charge in [0.15, 0.2) is 6.61 Å². The molecule has 7 heteroatoms. The van der Waals surface area contributed by atoms with Crippen LogP contribution in [-0.2, 0) is 14.3 Å². The van der Waals surface area contributed by atoms with Gasteiger partial charge < -0.3 is 10.1 Å². The van der Waals surface area contributed by atoms with E-state index in [-0.39, 0.29) is 6.04 Å². The summed E-state index contributed by atoms with van der Waals surface area (Å²) in [5.41, 5.74) is 1.23. The maximum Gasteiger partial charge on any atom is 0.331 e. The zero-order chi connectivity index (χ0) is 17.9. The summed E-state index contributed by atoms with van der Waals surface area (Å²) in [4.78, 5) is 34.4. The summed E-state index contributed by atoms with van der Waals surface area (Å²) in [6.07, 6.45) is 3.39. The van der Waals surface area contributed by atoms with Crippen molar-refractivity contribution in [1.29, 1.82) is 5.26 Å². The van der Waals surface area contributed by atoms with Gasteiger partial charge in [0, 0.05) is 12.1 Å². The highest BCUT2D eigenvalue weighted by molar-refractivity contribution is 5.96. The third-order valence-electron chi connectivity index (χ3n) is 3.04. The van der Waals surface area contributed by atoms with E-state index in [9.17, 15) is 14.4 Å². The van der Waals surface area contributed by atoms with Crippen molar-refractivity contribution in [2.75, 3.05) is 6.61 Å². The van der Waals surface area contributed by atoms with E-state index in [0.29, 0.717) is 11.1 Å². The number of amides is 3. The van der Waals surface area contributed by atoms with Crippen LogP contribution >= 0.6 is 0 Å². The van der Waals surface area contributed by atoms with E-state index in [1.807, 2.05) is 13.0 Å². The standard InChI is InChI=1S/C17H19N3O4/c1-3-12(2)19-17(23)20-15(21)11-24-16(22)9-8-13-4-6-14(10-18)7-5-13/h4-9,12H,3,11H2,1-2H3,(H2,19,20,21,23)/b9-8+/t12-/m1/s1. The highest BCUT2D eigenvalue weighted by Crippen LogP contribution is 2.05. The average Bonchev–Trinajstić information content (AvgIpc) is 2.58. The van der Waals surface area contributed by atoms with Crippen molar-refractivity contribution < 1.29 is 19.1 Å². The molecule has 0 aliphatic rings. The minimum Gasteiger partial charge on any atom is -0.452 e. The molecule has 24 heavy (non-hydrogen) atoms. The molecule has 1 rings (SSSR count). The lowest BCUT2D eigenvalue weighted by Crippen LogP contribution is -2.44. The van der Waals surface area contributed by atoms with Crippen LogP contribution in [0.4, 0.5) is 4.79 Å². The van der Waals surface area contributed by atoms with Gasteiger partial charge >= 0.3 is 12.0 Å². The smallest absolute Gasteiger partial charge is 0.331 e. The molecule has 1 aromatic rings. The van der Waals surface area contributed by atoms with E-state index >= 15 is 0 Å². The molecule has 0 unspecified atom stereocenters. The fraction of sp³-hybridized carbons (Fsp3) is 0.294. The predicted molar refractivity (Wildman–Crippen MR) is 87.6 cm³/mol. The molecule has 0 aromatic heterocycles. The van der Waals surface area contributed by atoms with Crippen LogP contribution in [0.15, 0.2) is 30.3 Å². The van der Waals surface area contributed by atoms with Crippen LogP contribution in [0.1, 0.15) is 31.4 Å². The fourth-order valence-electron chi connectivity index (χ4n) is 1.54. The van der Waals surface area contributed by atoms with Crippen LogP contribution in [-0.4, -0.2) is 30.6 Å². The summed E-state index contributed by atoms with van der Waals surface area (Å²) in [7, 11) is 0. The Bertz CT molecular complexity index is 659. The number of carbonyl (C=O) groups excluding carboxylic acids is 3. The first-order valence-electron chi connectivity index (χ1n) is 7.40. The number of nitriles is 1. The van der Waals surface area contributed by atoms with Gasteiger partial charge in [0.25, 0.3) is 5.91 Å². The number of ether oxygens (including phenoxy) is 1. The number of carbonyl (C=O) groups is 3. The van der Waals surface area contributed by atoms with Gasteiger partial charge in [0.2, 0.25) is 0 Å². The van der Waals surface area contributed by atoms with E-state index in [1.54, 1.807) is 31.2 Å². The third kappa shape index (κ3) is 7.22. The second kappa shape index (κ2) is 9.79. The van der Waals surface area contributed by atoms with Crippen LogP contribution < -0.4 is 10.6 Å². The largest absolute Gasteiger partial charge is 0.452 e. The summed E-state index contributed by atoms with van der Waals surface area (Å²) in [6.45, 7) is 3.15. The highest BCUT2D eigenvalue weighted by Gasteiger charge is 2.11. The van der Waals surface area contributed by atoms with Gasteiger partial charge in [-0.15, -0.1) is 0 Å². The van der Waals surface area contributed by atoms with Gasteiger partial charge in [0.05, 0.1) is 11.6 Å². The van der Waals surface area contributed by atoms with Gasteiger partial charge in [-0.1, -0.05) is 19.1 Å². The molecule has 0 radical (unpaired) electrons. The Morgan fingerprint density at radius 2 is 1.96 bits per heavy atom. The zero-order valence-electron chi connectivity index (χ0n) is 13.5. The molecule has 3 amide bonds. The number of hydrogen-bond donors (Lipinski definition) is 2. The summed E-state index contributed by atoms with van der Waals surface area (Å²) >= 11 is 0. The second-order valence-corrected chi connectivity index (χ2v) is 5.01. The molecule has 7 nitrogen and oxygen atoms in total. The molecule has 0 heterocycles. The lowest BCUT2D eigenvalue weighted by Gasteiger charge is -2.11. The van der Waals surface area contributed by atoms with Crippen molar-refractivity contribution >= 4 is 24.0 Å². The molecule has 2 N–H and O–H groups in total. The topological polar surface area (TPSA) is 108 Å². The second-order valence-electron chi connectivity index (χ2n) is 5.01. The summed E-state index contributed by atoms with van der Waals surface area (Å²) in [5, 5.41) is 13.3. The molecular formula is C17H19N3O4. The Morgan fingerprint density at radius 3 is 2.54 bits per heavy atom. The van der Waals surface area contributed by atoms with Gasteiger partial charge in [-0.05, 0) is 37.1 Å².